The van der Waals surface area contributed by atoms with Gasteiger partial charge in [0.05, 0.1) is 13.2 Å². The third-order valence-corrected chi connectivity index (χ3v) is 7.84. The number of ether oxygens (including phenoxy) is 1. The van der Waals surface area contributed by atoms with E-state index in [1.807, 2.05) is 0 Å². The molecule has 0 aliphatic heterocycles. The topological polar surface area (TPSA) is 142 Å². The molecular weight excluding hydrogens is 548 g/mol. The van der Waals surface area contributed by atoms with Crippen molar-refractivity contribution >= 4 is 23.8 Å². The minimum atomic E-state index is -1.39. The highest BCUT2D eigenvalue weighted by molar-refractivity contribution is 5.87. The summed E-state index contributed by atoms with van der Waals surface area (Å²) in [6.07, 6.45) is 26.4. The van der Waals surface area contributed by atoms with Gasteiger partial charge in [0.15, 0.2) is 0 Å². The predicted molar refractivity (Wildman–Crippen MR) is 172 cm³/mol. The third kappa shape index (κ3) is 27.1. The summed E-state index contributed by atoms with van der Waals surface area (Å²) in [7, 11) is 0. The summed E-state index contributed by atoms with van der Waals surface area (Å²) in [4.78, 5) is 46.8. The number of rotatable bonds is 31. The average Bonchev–Trinajstić information content (AvgIpc) is 2.98. The van der Waals surface area contributed by atoms with Gasteiger partial charge in [-0.3, -0.25) is 14.4 Å². The molecule has 9 nitrogen and oxygen atoms in total. The van der Waals surface area contributed by atoms with Crippen molar-refractivity contribution in [1.29, 1.82) is 0 Å². The van der Waals surface area contributed by atoms with Gasteiger partial charge in [0.25, 0.3) is 0 Å². The molecule has 0 aromatic heterocycles. The van der Waals surface area contributed by atoms with Gasteiger partial charge >= 0.3 is 11.9 Å². The lowest BCUT2D eigenvalue weighted by Gasteiger charge is -2.17. The monoisotopic (exact) mass is 612 g/mol. The maximum Gasteiger partial charge on any atom is 0.328 e. The standard InChI is InChI=1S/C34H64N2O7/c1-3-5-6-7-8-9-10-11-12-13-14-15-16-17-18-22-26-33(40)43-29(23-4-2)24-20-19-21-25-31(38)35-27-32(39)36-30(28-37)34(41)42/h29-30,37H,3-28H2,1-2H3,(H,35,38)(H,36,39)(H,41,42). The lowest BCUT2D eigenvalue weighted by molar-refractivity contribution is -0.150. The summed E-state index contributed by atoms with van der Waals surface area (Å²) in [6.45, 7) is 3.29. The second kappa shape index (κ2) is 29.9. The number of carbonyl (C=O) groups excluding carboxylic acids is 3. The highest BCUT2D eigenvalue weighted by Gasteiger charge is 2.19. The molecular formula is C34H64N2O7. The number of aliphatic hydroxyl groups excluding tert-OH is 1. The Labute approximate surface area is 261 Å². The van der Waals surface area contributed by atoms with Crippen LogP contribution in [0, 0.1) is 0 Å². The van der Waals surface area contributed by atoms with Crippen molar-refractivity contribution in [2.75, 3.05) is 13.2 Å². The number of unbranched alkanes of at least 4 members (excludes halogenated alkanes) is 17. The van der Waals surface area contributed by atoms with Gasteiger partial charge in [-0.05, 0) is 32.1 Å². The maximum atomic E-state index is 12.4. The lowest BCUT2D eigenvalue weighted by Crippen LogP contribution is -2.47. The number of amides is 2. The quantitative estimate of drug-likeness (QED) is 0.0489. The van der Waals surface area contributed by atoms with Crippen molar-refractivity contribution in [2.45, 2.75) is 180 Å². The average molecular weight is 613 g/mol. The summed E-state index contributed by atoms with van der Waals surface area (Å²) in [5.74, 6) is -2.40. The number of nitrogens with one attached hydrogen (secondary N) is 2. The van der Waals surface area contributed by atoms with Gasteiger partial charge in [-0.1, -0.05) is 123 Å². The highest BCUT2D eigenvalue weighted by atomic mass is 16.5. The van der Waals surface area contributed by atoms with E-state index in [2.05, 4.69) is 24.5 Å². The van der Waals surface area contributed by atoms with Crippen LogP contribution < -0.4 is 10.6 Å². The lowest BCUT2D eigenvalue weighted by atomic mass is 10.0. The zero-order chi connectivity index (χ0) is 32.0. The van der Waals surface area contributed by atoms with Gasteiger partial charge in [0, 0.05) is 12.8 Å². The number of carbonyl (C=O) groups is 4. The zero-order valence-electron chi connectivity index (χ0n) is 27.5. The van der Waals surface area contributed by atoms with Crippen LogP contribution in [0.2, 0.25) is 0 Å². The molecule has 252 valence electrons. The van der Waals surface area contributed by atoms with Crippen molar-refractivity contribution in [2.24, 2.45) is 0 Å². The molecule has 0 spiro atoms. The van der Waals surface area contributed by atoms with E-state index in [1.54, 1.807) is 0 Å². The van der Waals surface area contributed by atoms with Crippen molar-refractivity contribution in [3.63, 3.8) is 0 Å². The number of hydrogen-bond acceptors (Lipinski definition) is 6. The third-order valence-electron chi connectivity index (χ3n) is 7.84. The smallest absolute Gasteiger partial charge is 0.328 e. The zero-order valence-corrected chi connectivity index (χ0v) is 27.5. The van der Waals surface area contributed by atoms with Crippen LogP contribution in [0.3, 0.4) is 0 Å². The molecule has 2 amide bonds. The molecule has 0 aromatic carbocycles. The number of aliphatic hydroxyl groups is 1. The van der Waals surface area contributed by atoms with Gasteiger partial charge in [-0.25, -0.2) is 4.79 Å². The van der Waals surface area contributed by atoms with Crippen molar-refractivity contribution in [3.8, 4) is 0 Å². The Hall–Kier alpha value is -2.16. The van der Waals surface area contributed by atoms with Crippen LogP contribution in [0.5, 0.6) is 0 Å². The second-order valence-electron chi connectivity index (χ2n) is 12.0. The van der Waals surface area contributed by atoms with Crippen LogP contribution in [0.25, 0.3) is 0 Å². The summed E-state index contributed by atoms with van der Waals surface area (Å²) in [5, 5.41) is 22.3. The van der Waals surface area contributed by atoms with E-state index in [-0.39, 0.29) is 30.9 Å². The molecule has 0 aliphatic carbocycles. The molecule has 0 heterocycles. The molecule has 2 atom stereocenters. The van der Waals surface area contributed by atoms with Crippen LogP contribution in [0.1, 0.15) is 168 Å². The maximum absolute atomic E-state index is 12.4. The predicted octanol–water partition coefficient (Wildman–Crippen LogP) is 6.98. The molecule has 9 heteroatoms. The van der Waals surface area contributed by atoms with E-state index in [1.165, 1.54) is 89.9 Å². The van der Waals surface area contributed by atoms with Gasteiger partial charge in [-0.2, -0.15) is 0 Å². The van der Waals surface area contributed by atoms with Gasteiger partial charge in [-0.15, -0.1) is 0 Å². The summed E-state index contributed by atoms with van der Waals surface area (Å²) < 4.78 is 5.74. The Balaban J connectivity index is 3.75. The van der Waals surface area contributed by atoms with Gasteiger partial charge < -0.3 is 25.6 Å². The van der Waals surface area contributed by atoms with Crippen molar-refractivity contribution in [3.05, 3.63) is 0 Å². The fourth-order valence-electron chi connectivity index (χ4n) is 5.18. The fraction of sp³-hybridized carbons (Fsp3) is 0.882. The molecule has 0 saturated carbocycles. The van der Waals surface area contributed by atoms with Gasteiger partial charge in [0.1, 0.15) is 12.1 Å². The van der Waals surface area contributed by atoms with E-state index in [0.29, 0.717) is 12.8 Å². The molecule has 0 fully saturated rings. The second-order valence-corrected chi connectivity index (χ2v) is 12.0. The highest BCUT2D eigenvalue weighted by Crippen LogP contribution is 2.16. The van der Waals surface area contributed by atoms with Crippen molar-refractivity contribution < 1.29 is 34.1 Å². The van der Waals surface area contributed by atoms with E-state index in [9.17, 15) is 19.2 Å². The van der Waals surface area contributed by atoms with Crippen molar-refractivity contribution in [1.82, 2.24) is 10.6 Å². The first-order chi connectivity index (χ1) is 20.8. The number of carboxylic acid groups (broad SMARTS) is 1. The molecule has 2 unspecified atom stereocenters. The van der Waals surface area contributed by atoms with E-state index in [4.69, 9.17) is 14.9 Å². The van der Waals surface area contributed by atoms with E-state index < -0.39 is 24.5 Å². The molecule has 0 rings (SSSR count). The Morgan fingerprint density at radius 3 is 1.58 bits per heavy atom. The van der Waals surface area contributed by atoms with Gasteiger partial charge in [0.2, 0.25) is 11.8 Å². The summed E-state index contributed by atoms with van der Waals surface area (Å²) in [6, 6.07) is -1.39. The molecule has 4 N–H and O–H groups in total. The SMILES string of the molecule is CCCCCCCCCCCCCCCCCCC(=O)OC(CCC)CCCCCC(=O)NCC(=O)NC(CO)C(=O)O. The minimum absolute atomic E-state index is 0.0789. The minimum Gasteiger partial charge on any atom is -0.480 e. The first-order valence-corrected chi connectivity index (χ1v) is 17.4. The molecule has 0 aliphatic rings. The number of esters is 1. The first-order valence-electron chi connectivity index (χ1n) is 17.4. The Bertz CT molecular complexity index is 717. The van der Waals surface area contributed by atoms with E-state index >= 15 is 0 Å². The summed E-state index contributed by atoms with van der Waals surface area (Å²) in [5.41, 5.74) is 0. The molecule has 0 bridgehead atoms. The first kappa shape index (κ1) is 40.8. The molecule has 0 radical (unpaired) electrons. The Kier molecular flexibility index (Phi) is 28.4. The molecule has 43 heavy (non-hydrogen) atoms. The number of aliphatic carboxylic acids is 1. The summed E-state index contributed by atoms with van der Waals surface area (Å²) >= 11 is 0. The van der Waals surface area contributed by atoms with Crippen LogP contribution in [-0.2, 0) is 23.9 Å². The molecule has 0 aromatic rings. The Morgan fingerprint density at radius 1 is 0.605 bits per heavy atom. The number of hydrogen-bond donors (Lipinski definition) is 4. The van der Waals surface area contributed by atoms with E-state index in [0.717, 1.165) is 44.9 Å². The normalized spacial score (nSPS) is 12.4. The molecule has 0 saturated heterocycles. The Morgan fingerprint density at radius 2 is 1.09 bits per heavy atom. The van der Waals surface area contributed by atoms with Crippen LogP contribution in [0.4, 0.5) is 0 Å². The van der Waals surface area contributed by atoms with Crippen LogP contribution in [0.15, 0.2) is 0 Å². The van der Waals surface area contributed by atoms with Crippen LogP contribution in [-0.4, -0.2) is 59.3 Å². The number of carboxylic acids is 1. The largest absolute Gasteiger partial charge is 0.480 e. The van der Waals surface area contributed by atoms with Crippen LogP contribution >= 0.6 is 0 Å². The fourth-order valence-corrected chi connectivity index (χ4v) is 5.18.